The Labute approximate surface area is 185 Å². The quantitative estimate of drug-likeness (QED) is 0.478. The standard InChI is InChI=1S/C23H25N7O2/c1-14(21(31)32)19-24-22(23(2,3)4)30(27-19)13-15-9-11-16(12-10-15)17-7-5-6-8-18(17)20-25-28-29-26-20/h5-12,14H,13H2,1-4H3,(H,31,32)(H,25,26,28,29). The van der Waals surface area contributed by atoms with Crippen molar-refractivity contribution in [1.29, 1.82) is 0 Å². The fourth-order valence-electron chi connectivity index (χ4n) is 3.50. The van der Waals surface area contributed by atoms with E-state index in [-0.39, 0.29) is 5.41 Å². The highest BCUT2D eigenvalue weighted by Crippen LogP contribution is 2.30. The van der Waals surface area contributed by atoms with Crippen LogP contribution in [0.15, 0.2) is 48.5 Å². The molecule has 4 aromatic rings. The van der Waals surface area contributed by atoms with Gasteiger partial charge in [0.05, 0.1) is 6.54 Å². The SMILES string of the molecule is CC(C(=O)O)c1nc(C(C)(C)C)n(Cc2ccc(-c3ccccc3-c3nnn[nH]3)cc2)n1. The Balaban J connectivity index is 1.64. The second-order valence-electron chi connectivity index (χ2n) is 8.75. The van der Waals surface area contributed by atoms with Crippen molar-refractivity contribution in [3.63, 3.8) is 0 Å². The van der Waals surface area contributed by atoms with E-state index < -0.39 is 11.9 Å². The summed E-state index contributed by atoms with van der Waals surface area (Å²) in [5.41, 5.74) is 3.75. The molecule has 2 aromatic carbocycles. The summed E-state index contributed by atoms with van der Waals surface area (Å²) in [6.45, 7) is 8.23. The van der Waals surface area contributed by atoms with Gasteiger partial charge in [0.15, 0.2) is 11.6 Å². The molecule has 1 atom stereocenters. The average molecular weight is 432 g/mol. The number of rotatable bonds is 6. The van der Waals surface area contributed by atoms with Crippen LogP contribution in [0.4, 0.5) is 0 Å². The van der Waals surface area contributed by atoms with Crippen molar-refractivity contribution in [2.24, 2.45) is 0 Å². The second kappa shape index (κ2) is 8.33. The summed E-state index contributed by atoms with van der Waals surface area (Å²) in [6.07, 6.45) is 0. The van der Waals surface area contributed by atoms with Gasteiger partial charge in [-0.1, -0.05) is 69.3 Å². The molecule has 164 valence electrons. The zero-order valence-corrected chi connectivity index (χ0v) is 18.4. The lowest BCUT2D eigenvalue weighted by Gasteiger charge is -2.18. The van der Waals surface area contributed by atoms with Gasteiger partial charge in [-0.3, -0.25) is 4.79 Å². The summed E-state index contributed by atoms with van der Waals surface area (Å²) in [6, 6.07) is 16.1. The molecular weight excluding hydrogens is 406 g/mol. The van der Waals surface area contributed by atoms with Gasteiger partial charge in [-0.05, 0) is 34.0 Å². The van der Waals surface area contributed by atoms with E-state index in [4.69, 9.17) is 0 Å². The first kappa shape index (κ1) is 21.4. The van der Waals surface area contributed by atoms with Gasteiger partial charge >= 0.3 is 5.97 Å². The highest BCUT2D eigenvalue weighted by atomic mass is 16.4. The van der Waals surface area contributed by atoms with Crippen molar-refractivity contribution in [1.82, 2.24) is 35.4 Å². The molecule has 9 nitrogen and oxygen atoms in total. The molecular formula is C23H25N7O2. The third-order valence-electron chi connectivity index (χ3n) is 5.24. The maximum atomic E-state index is 11.4. The van der Waals surface area contributed by atoms with E-state index >= 15 is 0 Å². The number of aromatic amines is 1. The highest BCUT2D eigenvalue weighted by molar-refractivity contribution is 5.80. The van der Waals surface area contributed by atoms with Crippen LogP contribution in [0.25, 0.3) is 22.5 Å². The van der Waals surface area contributed by atoms with Gasteiger partial charge in [0.2, 0.25) is 0 Å². The van der Waals surface area contributed by atoms with Gasteiger partial charge in [0.1, 0.15) is 11.7 Å². The number of nitrogens with zero attached hydrogens (tertiary/aromatic N) is 6. The Hall–Kier alpha value is -3.88. The number of H-pyrrole nitrogens is 1. The molecule has 0 amide bonds. The topological polar surface area (TPSA) is 122 Å². The van der Waals surface area contributed by atoms with E-state index in [1.165, 1.54) is 0 Å². The zero-order chi connectivity index (χ0) is 22.9. The molecule has 0 fully saturated rings. The average Bonchev–Trinajstić information content (AvgIpc) is 3.44. The molecule has 0 aliphatic carbocycles. The van der Waals surface area contributed by atoms with Gasteiger partial charge in [-0.2, -0.15) is 5.10 Å². The number of tetrazole rings is 1. The van der Waals surface area contributed by atoms with Gasteiger partial charge in [-0.15, -0.1) is 5.10 Å². The van der Waals surface area contributed by atoms with E-state index in [0.29, 0.717) is 18.2 Å². The maximum absolute atomic E-state index is 11.4. The summed E-state index contributed by atoms with van der Waals surface area (Å²) in [5.74, 6) is -0.00179. The molecule has 0 aliphatic heterocycles. The number of aliphatic carboxylic acids is 1. The largest absolute Gasteiger partial charge is 0.481 e. The lowest BCUT2D eigenvalue weighted by Crippen LogP contribution is -2.20. The summed E-state index contributed by atoms with van der Waals surface area (Å²) in [7, 11) is 0. The number of aromatic nitrogens is 7. The van der Waals surface area contributed by atoms with Crippen molar-refractivity contribution < 1.29 is 9.90 Å². The molecule has 2 aromatic heterocycles. The minimum atomic E-state index is -0.937. The maximum Gasteiger partial charge on any atom is 0.314 e. The first-order chi connectivity index (χ1) is 15.2. The molecule has 32 heavy (non-hydrogen) atoms. The minimum Gasteiger partial charge on any atom is -0.481 e. The van der Waals surface area contributed by atoms with Crippen LogP contribution in [-0.2, 0) is 16.8 Å². The van der Waals surface area contributed by atoms with Gasteiger partial charge in [0, 0.05) is 11.0 Å². The number of nitrogens with one attached hydrogen (secondary N) is 1. The molecule has 0 saturated carbocycles. The van der Waals surface area contributed by atoms with Crippen LogP contribution in [0.2, 0.25) is 0 Å². The highest BCUT2D eigenvalue weighted by Gasteiger charge is 2.27. The van der Waals surface area contributed by atoms with Crippen LogP contribution >= 0.6 is 0 Å². The van der Waals surface area contributed by atoms with Crippen molar-refractivity contribution in [2.45, 2.75) is 45.6 Å². The molecule has 0 aliphatic rings. The predicted molar refractivity (Wildman–Crippen MR) is 119 cm³/mol. The smallest absolute Gasteiger partial charge is 0.314 e. The summed E-state index contributed by atoms with van der Waals surface area (Å²) < 4.78 is 1.80. The summed E-state index contributed by atoms with van der Waals surface area (Å²) in [5, 5.41) is 28.1. The lowest BCUT2D eigenvalue weighted by molar-refractivity contribution is -0.138. The first-order valence-corrected chi connectivity index (χ1v) is 10.3. The Morgan fingerprint density at radius 2 is 1.78 bits per heavy atom. The van der Waals surface area contributed by atoms with Gasteiger partial charge < -0.3 is 5.11 Å². The van der Waals surface area contributed by atoms with Crippen molar-refractivity contribution in [3.05, 3.63) is 65.7 Å². The third kappa shape index (κ3) is 4.27. The Morgan fingerprint density at radius 1 is 1.09 bits per heavy atom. The number of carbonyl (C=O) groups is 1. The predicted octanol–water partition coefficient (Wildman–Crippen LogP) is 3.66. The third-order valence-corrected chi connectivity index (χ3v) is 5.24. The molecule has 2 N–H and O–H groups in total. The van der Waals surface area contributed by atoms with Crippen molar-refractivity contribution >= 4 is 5.97 Å². The zero-order valence-electron chi connectivity index (χ0n) is 18.4. The summed E-state index contributed by atoms with van der Waals surface area (Å²) in [4.78, 5) is 16.0. The molecule has 1 unspecified atom stereocenters. The molecule has 0 radical (unpaired) electrons. The number of benzene rings is 2. The fraction of sp³-hybridized carbons (Fsp3) is 0.304. The van der Waals surface area contributed by atoms with Crippen molar-refractivity contribution in [3.8, 4) is 22.5 Å². The van der Waals surface area contributed by atoms with Gasteiger partial charge in [0.25, 0.3) is 0 Å². The van der Waals surface area contributed by atoms with Crippen LogP contribution in [-0.4, -0.2) is 46.5 Å². The number of carboxylic acid groups (broad SMARTS) is 1. The number of hydrogen-bond acceptors (Lipinski definition) is 6. The Morgan fingerprint density at radius 3 is 2.38 bits per heavy atom. The summed E-state index contributed by atoms with van der Waals surface area (Å²) >= 11 is 0. The number of carboxylic acids is 1. The molecule has 0 saturated heterocycles. The van der Waals surface area contributed by atoms with Crippen LogP contribution in [0.5, 0.6) is 0 Å². The van der Waals surface area contributed by atoms with E-state index in [1.54, 1.807) is 11.6 Å². The molecule has 2 heterocycles. The normalized spacial score (nSPS) is 12.6. The Kier molecular flexibility index (Phi) is 5.56. The lowest BCUT2D eigenvalue weighted by atomic mass is 9.95. The van der Waals surface area contributed by atoms with E-state index in [0.717, 1.165) is 28.1 Å². The molecule has 4 rings (SSSR count). The van der Waals surface area contributed by atoms with Crippen LogP contribution in [0, 0.1) is 0 Å². The molecule has 9 heteroatoms. The van der Waals surface area contributed by atoms with Crippen LogP contribution < -0.4 is 0 Å². The fourth-order valence-corrected chi connectivity index (χ4v) is 3.50. The van der Waals surface area contributed by atoms with E-state index in [9.17, 15) is 9.90 Å². The number of hydrogen-bond donors (Lipinski definition) is 2. The van der Waals surface area contributed by atoms with E-state index in [1.807, 2.05) is 69.3 Å². The Bertz CT molecular complexity index is 1220. The van der Waals surface area contributed by atoms with E-state index in [2.05, 4.69) is 30.7 Å². The first-order valence-electron chi connectivity index (χ1n) is 10.3. The minimum absolute atomic E-state index is 0.270. The molecule has 0 spiro atoms. The van der Waals surface area contributed by atoms with Gasteiger partial charge in [-0.25, -0.2) is 14.8 Å². The molecule has 0 bridgehead atoms. The van der Waals surface area contributed by atoms with Crippen molar-refractivity contribution in [2.75, 3.05) is 0 Å². The monoisotopic (exact) mass is 431 g/mol. The van der Waals surface area contributed by atoms with Crippen LogP contribution in [0.1, 0.15) is 50.8 Å². The second-order valence-corrected chi connectivity index (χ2v) is 8.75. The van der Waals surface area contributed by atoms with Crippen LogP contribution in [0.3, 0.4) is 0 Å².